The molecule has 0 amide bonds. The Hall–Kier alpha value is -7.56. The Balaban J connectivity index is 1.06. The zero-order valence-corrected chi connectivity index (χ0v) is 30.4. The van der Waals surface area contributed by atoms with Crippen molar-refractivity contribution < 1.29 is 0 Å². The Morgan fingerprint density at radius 3 is 1.39 bits per heavy atom. The van der Waals surface area contributed by atoms with Gasteiger partial charge in [-0.2, -0.15) is 0 Å². The minimum absolute atomic E-state index is 0.704. The number of para-hydroxylation sites is 3. The van der Waals surface area contributed by atoms with Gasteiger partial charge < -0.3 is 4.57 Å². The van der Waals surface area contributed by atoms with Crippen LogP contribution in [0.1, 0.15) is 0 Å². The molecule has 3 heterocycles. The third kappa shape index (κ3) is 5.23. The lowest BCUT2D eigenvalue weighted by Gasteiger charge is -2.10. The maximum absolute atomic E-state index is 5.30. The maximum atomic E-state index is 5.30. The topological polar surface area (TPSA) is 35.6 Å². The molecule has 0 aliphatic carbocycles. The third-order valence-corrected chi connectivity index (χ3v) is 10.9. The summed E-state index contributed by atoms with van der Waals surface area (Å²) in [6.45, 7) is 0. The molecule has 0 bridgehead atoms. The van der Waals surface area contributed by atoms with E-state index in [9.17, 15) is 0 Å². The van der Waals surface area contributed by atoms with Crippen molar-refractivity contribution in [3.05, 3.63) is 206 Å². The highest BCUT2D eigenvalue weighted by atomic mass is 15.1. The Labute approximate surface area is 324 Å². The largest absolute Gasteiger partial charge is 0.309 e. The number of fused-ring (bicyclic) bond motifs is 6. The van der Waals surface area contributed by atoms with Gasteiger partial charge in [-0.05, 0) is 76.9 Å². The highest BCUT2D eigenvalue weighted by molar-refractivity contribution is 6.15. The molecule has 4 nitrogen and oxygen atoms in total. The summed E-state index contributed by atoms with van der Waals surface area (Å²) in [5.41, 5.74) is 14.3. The number of hydrogen-bond donors (Lipinski definition) is 0. The molecular formula is C52H34N4. The predicted molar refractivity (Wildman–Crippen MR) is 232 cm³/mol. The molecule has 11 aromatic rings. The quantitative estimate of drug-likeness (QED) is 0.172. The minimum atomic E-state index is 0.704. The second kappa shape index (κ2) is 13.1. The van der Waals surface area contributed by atoms with E-state index in [0.29, 0.717) is 5.82 Å². The fourth-order valence-corrected chi connectivity index (χ4v) is 8.31. The van der Waals surface area contributed by atoms with Crippen LogP contribution in [0.2, 0.25) is 0 Å². The van der Waals surface area contributed by atoms with Crippen molar-refractivity contribution in [1.29, 1.82) is 0 Å². The fourth-order valence-electron chi connectivity index (χ4n) is 8.31. The average molecular weight is 715 g/mol. The van der Waals surface area contributed by atoms with Gasteiger partial charge >= 0.3 is 0 Å². The second-order valence-electron chi connectivity index (χ2n) is 14.2. The molecule has 8 aromatic carbocycles. The number of nitrogens with zero attached hydrogens (tertiary/aromatic N) is 4. The summed E-state index contributed by atoms with van der Waals surface area (Å²) >= 11 is 0. The number of benzene rings is 8. The van der Waals surface area contributed by atoms with E-state index in [-0.39, 0.29) is 0 Å². The van der Waals surface area contributed by atoms with Gasteiger partial charge in [-0.15, -0.1) is 0 Å². The fraction of sp³-hybridized carbons (Fsp3) is 0. The van der Waals surface area contributed by atoms with Gasteiger partial charge in [0.05, 0.1) is 27.6 Å². The van der Waals surface area contributed by atoms with Crippen LogP contribution in [0.3, 0.4) is 0 Å². The molecule has 0 aliphatic rings. The van der Waals surface area contributed by atoms with Gasteiger partial charge in [-0.3, -0.25) is 4.57 Å². The van der Waals surface area contributed by atoms with Crippen LogP contribution in [0.4, 0.5) is 0 Å². The summed E-state index contributed by atoms with van der Waals surface area (Å²) in [6, 6.07) is 73.2. The molecule has 0 saturated carbocycles. The lowest BCUT2D eigenvalue weighted by atomic mass is 9.97. The van der Waals surface area contributed by atoms with Crippen LogP contribution in [-0.2, 0) is 0 Å². The van der Waals surface area contributed by atoms with Crippen molar-refractivity contribution in [3.63, 3.8) is 0 Å². The SMILES string of the molecule is c1ccc(-c2nc(-c3ccccc3)c3c4cc(-c5ccc(-c6ccc7c(c6)c6ccccc6n7-c6ccccc6)cc5)ccc4n(-c4ccccc4)c3n2)cc1. The van der Waals surface area contributed by atoms with Gasteiger partial charge in [0.1, 0.15) is 5.65 Å². The van der Waals surface area contributed by atoms with E-state index >= 15 is 0 Å². The number of rotatable bonds is 6. The van der Waals surface area contributed by atoms with Crippen molar-refractivity contribution in [2.45, 2.75) is 0 Å². The first kappa shape index (κ1) is 31.9. The standard InChI is InChI=1S/C52H34N4/c1-5-15-37(16-6-1)50-49-45-34-40(30-32-48(45)56(42-21-11-4-12-22-42)52(49)54-51(53-50)38-17-7-2-8-18-38)36-27-25-35(26-28-36)39-29-31-47-44(33-39)43-23-13-14-24-46(43)55(47)41-19-9-3-10-20-41/h1-34H. The molecule has 0 unspecified atom stereocenters. The molecule has 3 aromatic heterocycles. The average Bonchev–Trinajstić information content (AvgIpc) is 3.79. The summed E-state index contributed by atoms with van der Waals surface area (Å²) in [7, 11) is 0. The van der Waals surface area contributed by atoms with Crippen LogP contribution in [-0.4, -0.2) is 19.1 Å². The molecule has 0 N–H and O–H groups in total. The summed E-state index contributed by atoms with van der Waals surface area (Å²) in [5, 5.41) is 4.65. The van der Waals surface area contributed by atoms with Crippen molar-refractivity contribution in [3.8, 4) is 56.3 Å². The van der Waals surface area contributed by atoms with Crippen molar-refractivity contribution >= 4 is 43.7 Å². The van der Waals surface area contributed by atoms with Gasteiger partial charge in [0.25, 0.3) is 0 Å². The molecule has 11 rings (SSSR count). The Morgan fingerprint density at radius 2 is 0.768 bits per heavy atom. The first-order valence-electron chi connectivity index (χ1n) is 19.0. The van der Waals surface area contributed by atoms with E-state index in [1.807, 2.05) is 18.2 Å². The van der Waals surface area contributed by atoms with Crippen LogP contribution in [0.25, 0.3) is 100 Å². The summed E-state index contributed by atoms with van der Waals surface area (Å²) in [5.74, 6) is 0.704. The van der Waals surface area contributed by atoms with E-state index in [1.165, 1.54) is 38.6 Å². The van der Waals surface area contributed by atoms with Crippen molar-refractivity contribution in [2.24, 2.45) is 0 Å². The normalized spacial score (nSPS) is 11.6. The first-order valence-corrected chi connectivity index (χ1v) is 19.0. The molecular weight excluding hydrogens is 681 g/mol. The highest BCUT2D eigenvalue weighted by Gasteiger charge is 2.21. The molecule has 262 valence electrons. The Morgan fingerprint density at radius 1 is 0.304 bits per heavy atom. The summed E-state index contributed by atoms with van der Waals surface area (Å²) < 4.78 is 4.64. The Kier molecular flexibility index (Phi) is 7.46. The maximum Gasteiger partial charge on any atom is 0.162 e. The zero-order valence-electron chi connectivity index (χ0n) is 30.4. The first-order chi connectivity index (χ1) is 27.8. The van der Waals surface area contributed by atoms with E-state index in [2.05, 4.69) is 197 Å². The highest BCUT2D eigenvalue weighted by Crippen LogP contribution is 2.41. The molecule has 0 radical (unpaired) electrons. The third-order valence-electron chi connectivity index (χ3n) is 10.9. The van der Waals surface area contributed by atoms with Crippen molar-refractivity contribution in [1.82, 2.24) is 19.1 Å². The van der Waals surface area contributed by atoms with Gasteiger partial charge in [-0.1, -0.05) is 152 Å². The van der Waals surface area contributed by atoms with Gasteiger partial charge in [0, 0.05) is 38.7 Å². The summed E-state index contributed by atoms with van der Waals surface area (Å²) in [4.78, 5) is 10.6. The molecule has 0 atom stereocenters. The van der Waals surface area contributed by atoms with Crippen LogP contribution < -0.4 is 0 Å². The van der Waals surface area contributed by atoms with Crippen LogP contribution in [0.15, 0.2) is 206 Å². The molecule has 0 fully saturated rings. The van der Waals surface area contributed by atoms with E-state index in [4.69, 9.17) is 9.97 Å². The van der Waals surface area contributed by atoms with E-state index in [1.54, 1.807) is 0 Å². The predicted octanol–water partition coefficient (Wildman–Crippen LogP) is 13.3. The van der Waals surface area contributed by atoms with Crippen LogP contribution in [0.5, 0.6) is 0 Å². The lowest BCUT2D eigenvalue weighted by molar-refractivity contribution is 1.11. The minimum Gasteiger partial charge on any atom is -0.309 e. The molecule has 0 spiro atoms. The van der Waals surface area contributed by atoms with Gasteiger partial charge in [-0.25, -0.2) is 9.97 Å². The Bertz CT molecular complexity index is 3200. The van der Waals surface area contributed by atoms with Crippen molar-refractivity contribution in [2.75, 3.05) is 0 Å². The number of aromatic nitrogens is 4. The van der Waals surface area contributed by atoms with Gasteiger partial charge in [0.2, 0.25) is 0 Å². The monoisotopic (exact) mass is 714 g/mol. The molecule has 56 heavy (non-hydrogen) atoms. The van der Waals surface area contributed by atoms with Gasteiger partial charge in [0.15, 0.2) is 5.82 Å². The number of hydrogen-bond acceptors (Lipinski definition) is 2. The van der Waals surface area contributed by atoms with Crippen LogP contribution >= 0.6 is 0 Å². The molecule has 0 saturated heterocycles. The second-order valence-corrected chi connectivity index (χ2v) is 14.2. The molecule has 0 aliphatic heterocycles. The van der Waals surface area contributed by atoms with E-state index < -0.39 is 0 Å². The molecule has 4 heteroatoms. The zero-order chi connectivity index (χ0) is 37.0. The van der Waals surface area contributed by atoms with E-state index in [0.717, 1.165) is 55.6 Å². The lowest BCUT2D eigenvalue weighted by Crippen LogP contribution is -1.99. The van der Waals surface area contributed by atoms with Crippen LogP contribution in [0, 0.1) is 0 Å². The smallest absolute Gasteiger partial charge is 0.162 e. The summed E-state index contributed by atoms with van der Waals surface area (Å²) in [6.07, 6.45) is 0.